The maximum absolute atomic E-state index is 13.7. The first-order valence-corrected chi connectivity index (χ1v) is 7.50. The van der Waals surface area contributed by atoms with Gasteiger partial charge in [0.1, 0.15) is 11.6 Å². The normalized spacial score (nSPS) is 10.7. The number of nitrogens with zero attached hydrogens (tertiary/aromatic N) is 1. The Morgan fingerprint density at radius 1 is 1.04 bits per heavy atom. The molecule has 0 spiro atoms. The van der Waals surface area contributed by atoms with E-state index in [0.29, 0.717) is 0 Å². The van der Waals surface area contributed by atoms with Gasteiger partial charge >= 0.3 is 0 Å². The predicted molar refractivity (Wildman–Crippen MR) is 81.8 cm³/mol. The van der Waals surface area contributed by atoms with Crippen LogP contribution in [0.3, 0.4) is 0 Å². The van der Waals surface area contributed by atoms with Crippen molar-refractivity contribution in [3.63, 3.8) is 0 Å². The van der Waals surface area contributed by atoms with Crippen LogP contribution < -0.4 is 5.32 Å². The fourth-order valence-corrected chi connectivity index (χ4v) is 2.70. The first kappa shape index (κ1) is 16.1. The van der Waals surface area contributed by atoms with Gasteiger partial charge < -0.3 is 0 Å². The third-order valence-electron chi connectivity index (χ3n) is 3.13. The molecule has 3 rings (SSSR count). The number of amides is 1. The van der Waals surface area contributed by atoms with E-state index in [1.807, 2.05) is 0 Å². The van der Waals surface area contributed by atoms with Crippen molar-refractivity contribution in [3.05, 3.63) is 70.6 Å². The summed E-state index contributed by atoms with van der Waals surface area (Å²) < 4.78 is 53.4. The van der Waals surface area contributed by atoms with E-state index >= 15 is 0 Å². The van der Waals surface area contributed by atoms with Crippen LogP contribution in [-0.2, 0) is 0 Å². The van der Waals surface area contributed by atoms with Gasteiger partial charge in [0, 0.05) is 17.0 Å². The Balaban J connectivity index is 1.84. The molecule has 122 valence electrons. The molecule has 3 aromatic rings. The Morgan fingerprint density at radius 3 is 2.58 bits per heavy atom. The summed E-state index contributed by atoms with van der Waals surface area (Å²) in [4.78, 5) is 16.0. The molecule has 0 saturated heterocycles. The van der Waals surface area contributed by atoms with E-state index in [-0.39, 0.29) is 16.4 Å². The number of anilines is 1. The molecular formula is C16H8F4N2OS. The lowest BCUT2D eigenvalue weighted by atomic mass is 10.1. The van der Waals surface area contributed by atoms with Gasteiger partial charge in [0.05, 0.1) is 11.3 Å². The molecule has 0 fully saturated rings. The Bertz CT molecular complexity index is 926. The van der Waals surface area contributed by atoms with Crippen molar-refractivity contribution < 1.29 is 22.4 Å². The second kappa shape index (κ2) is 6.40. The minimum absolute atomic E-state index is 0.0603. The second-order valence-electron chi connectivity index (χ2n) is 4.72. The lowest BCUT2D eigenvalue weighted by molar-refractivity contribution is 0.102. The number of carbonyl (C=O) groups is 1. The molecule has 24 heavy (non-hydrogen) atoms. The van der Waals surface area contributed by atoms with Crippen LogP contribution in [-0.4, -0.2) is 10.9 Å². The smallest absolute Gasteiger partial charge is 0.260 e. The summed E-state index contributed by atoms with van der Waals surface area (Å²) in [6.07, 6.45) is 0. The number of thiazole rings is 1. The first-order valence-electron chi connectivity index (χ1n) is 6.62. The summed E-state index contributed by atoms with van der Waals surface area (Å²) >= 11 is 0.971. The van der Waals surface area contributed by atoms with Crippen molar-refractivity contribution in [3.8, 4) is 11.3 Å². The van der Waals surface area contributed by atoms with E-state index in [0.717, 1.165) is 35.6 Å². The quantitative estimate of drug-likeness (QED) is 0.699. The summed E-state index contributed by atoms with van der Waals surface area (Å²) in [6.45, 7) is 0. The van der Waals surface area contributed by atoms with Gasteiger partial charge in [-0.05, 0) is 24.3 Å². The first-order chi connectivity index (χ1) is 11.5. The van der Waals surface area contributed by atoms with Gasteiger partial charge in [-0.25, -0.2) is 22.5 Å². The molecule has 1 N–H and O–H groups in total. The van der Waals surface area contributed by atoms with Crippen LogP contribution in [0.25, 0.3) is 11.3 Å². The molecule has 0 aliphatic carbocycles. The molecule has 0 aliphatic heterocycles. The van der Waals surface area contributed by atoms with Gasteiger partial charge in [-0.2, -0.15) is 0 Å². The van der Waals surface area contributed by atoms with Crippen LogP contribution in [0, 0.1) is 23.3 Å². The van der Waals surface area contributed by atoms with E-state index in [1.54, 1.807) is 0 Å². The molecule has 0 bridgehead atoms. The van der Waals surface area contributed by atoms with Crippen LogP contribution in [0.2, 0.25) is 0 Å². The van der Waals surface area contributed by atoms with E-state index in [2.05, 4.69) is 10.3 Å². The molecule has 8 heteroatoms. The number of benzene rings is 2. The molecule has 0 unspecified atom stereocenters. The molecule has 1 amide bonds. The summed E-state index contributed by atoms with van der Waals surface area (Å²) in [7, 11) is 0. The zero-order chi connectivity index (χ0) is 17.3. The largest absolute Gasteiger partial charge is 0.298 e. The molecule has 0 aliphatic rings. The Morgan fingerprint density at radius 2 is 1.83 bits per heavy atom. The van der Waals surface area contributed by atoms with Crippen molar-refractivity contribution >= 4 is 22.4 Å². The van der Waals surface area contributed by atoms with Crippen LogP contribution in [0.15, 0.2) is 41.8 Å². The summed E-state index contributed by atoms with van der Waals surface area (Å²) in [6, 6.07) is 6.24. The third kappa shape index (κ3) is 3.13. The van der Waals surface area contributed by atoms with Gasteiger partial charge in [0.2, 0.25) is 0 Å². The van der Waals surface area contributed by atoms with Crippen LogP contribution in [0.5, 0.6) is 0 Å². The van der Waals surface area contributed by atoms with E-state index in [9.17, 15) is 22.4 Å². The summed E-state index contributed by atoms with van der Waals surface area (Å²) in [5.74, 6) is -4.81. The van der Waals surface area contributed by atoms with Crippen molar-refractivity contribution in [1.29, 1.82) is 0 Å². The number of halogens is 4. The van der Waals surface area contributed by atoms with Gasteiger partial charge in [-0.1, -0.05) is 6.07 Å². The highest BCUT2D eigenvalue weighted by atomic mass is 32.1. The topological polar surface area (TPSA) is 42.0 Å². The molecule has 0 atom stereocenters. The Hall–Kier alpha value is -2.74. The second-order valence-corrected chi connectivity index (χ2v) is 5.58. The fraction of sp³-hybridized carbons (Fsp3) is 0. The highest BCUT2D eigenvalue weighted by Gasteiger charge is 2.17. The summed E-state index contributed by atoms with van der Waals surface area (Å²) in [5.41, 5.74) is -0.225. The lowest BCUT2D eigenvalue weighted by Crippen LogP contribution is -2.14. The van der Waals surface area contributed by atoms with Gasteiger partial charge in [0.25, 0.3) is 5.91 Å². The van der Waals surface area contributed by atoms with E-state index in [1.165, 1.54) is 17.5 Å². The minimum Gasteiger partial charge on any atom is -0.298 e. The minimum atomic E-state index is -1.27. The van der Waals surface area contributed by atoms with Crippen LogP contribution in [0.1, 0.15) is 10.4 Å². The monoisotopic (exact) mass is 352 g/mol. The standard InChI is InChI=1S/C16H8F4N2OS/c17-8-4-5-9(12(19)6-8)13-7-24-16(21-13)22-15(23)10-2-1-3-11(18)14(10)20/h1-7H,(H,21,22,23). The number of nitrogens with one attached hydrogen (secondary N) is 1. The predicted octanol–water partition coefficient (Wildman–Crippen LogP) is 4.62. The van der Waals surface area contributed by atoms with E-state index in [4.69, 9.17) is 0 Å². The molecule has 1 aromatic heterocycles. The van der Waals surface area contributed by atoms with Gasteiger partial charge in [-0.15, -0.1) is 11.3 Å². The SMILES string of the molecule is O=C(Nc1nc(-c2ccc(F)cc2F)cs1)c1cccc(F)c1F. The fourth-order valence-electron chi connectivity index (χ4n) is 2.00. The average molecular weight is 352 g/mol. The lowest BCUT2D eigenvalue weighted by Gasteiger charge is -2.03. The maximum atomic E-state index is 13.7. The molecule has 1 heterocycles. The van der Waals surface area contributed by atoms with Crippen LogP contribution in [0.4, 0.5) is 22.7 Å². The van der Waals surface area contributed by atoms with Crippen LogP contribution >= 0.6 is 11.3 Å². The van der Waals surface area contributed by atoms with Gasteiger partial charge in [0.15, 0.2) is 16.8 Å². The number of rotatable bonds is 3. The molecule has 0 radical (unpaired) electrons. The highest BCUT2D eigenvalue weighted by Crippen LogP contribution is 2.27. The third-order valence-corrected chi connectivity index (χ3v) is 3.89. The number of carbonyl (C=O) groups excluding carboxylic acids is 1. The Kier molecular flexibility index (Phi) is 4.30. The van der Waals surface area contributed by atoms with Crippen molar-refractivity contribution in [2.24, 2.45) is 0 Å². The van der Waals surface area contributed by atoms with Crippen molar-refractivity contribution in [1.82, 2.24) is 4.98 Å². The van der Waals surface area contributed by atoms with Crippen molar-refractivity contribution in [2.75, 3.05) is 5.32 Å². The van der Waals surface area contributed by atoms with Crippen molar-refractivity contribution in [2.45, 2.75) is 0 Å². The molecule has 0 saturated carbocycles. The zero-order valence-corrected chi connectivity index (χ0v) is 12.6. The maximum Gasteiger partial charge on any atom is 0.260 e. The highest BCUT2D eigenvalue weighted by molar-refractivity contribution is 7.14. The average Bonchev–Trinajstić information content (AvgIpc) is 2.98. The van der Waals surface area contributed by atoms with E-state index < -0.39 is 34.7 Å². The van der Waals surface area contributed by atoms with Gasteiger partial charge in [-0.3, -0.25) is 10.1 Å². The number of hydrogen-bond donors (Lipinski definition) is 1. The molecule has 3 nitrogen and oxygen atoms in total. The molecular weight excluding hydrogens is 344 g/mol. The number of hydrogen-bond acceptors (Lipinski definition) is 3. The Labute approximate surface area is 137 Å². The number of aromatic nitrogens is 1. The molecule has 2 aromatic carbocycles. The zero-order valence-electron chi connectivity index (χ0n) is 11.8. The summed E-state index contributed by atoms with van der Waals surface area (Å²) in [5, 5.41) is 3.84.